The molecule has 0 aromatic heterocycles. The largest absolute Gasteiger partial charge is 0.472 e. The quantitative estimate of drug-likeness (QED) is 0.0222. The summed E-state index contributed by atoms with van der Waals surface area (Å²) in [4.78, 5) is 72.7. The van der Waals surface area contributed by atoms with Gasteiger partial charge in [-0.25, -0.2) is 9.13 Å². The number of unbranched alkanes of at least 4 members (excludes halogenated alkanes) is 38. The molecule has 0 aliphatic carbocycles. The van der Waals surface area contributed by atoms with Crippen LogP contribution in [0.25, 0.3) is 0 Å². The molecule has 17 nitrogen and oxygen atoms in total. The smallest absolute Gasteiger partial charge is 0.462 e. The SMILES string of the molecule is CCC(C)CCCCCCCCC(=O)OC[C@H](COP(=O)(O)OC[C@H](O)COP(=O)(O)OC[C@@H](COC(=O)CCCCCCCCCCCCCCCCCCCCC(C)C)OC(=O)CCCCCCCCCCCCC(C)C)OC(=O)CCCCCCCCCCC(C)C. The molecule has 0 aliphatic heterocycles. The molecule has 0 aromatic rings. The molecule has 3 unspecified atom stereocenters. The first-order chi connectivity index (χ1) is 45.6. The van der Waals surface area contributed by atoms with Gasteiger partial charge >= 0.3 is 39.5 Å². The number of hydrogen-bond donors (Lipinski definition) is 3. The van der Waals surface area contributed by atoms with Gasteiger partial charge in [-0.05, 0) is 49.4 Å². The summed E-state index contributed by atoms with van der Waals surface area (Å²) in [6.45, 7) is 14.1. The second kappa shape index (κ2) is 65.4. The standard InChI is InChI=1S/C76H148O17P2/c1-9-69(8)55-47-39-34-35-41-49-57-74(79)87-63-72(93-76(81)59-51-43-33-27-26-30-38-46-54-68(6)7)65-91-95(84,85)89-61-70(77)60-88-94(82,83)90-64-71(92-75(80)58-50-42-32-25-21-20-23-29-37-45-53-67(4)5)62-86-73(78)56-48-40-31-24-19-17-15-13-11-10-12-14-16-18-22-28-36-44-52-66(2)3/h66-72,77H,9-65H2,1-8H3,(H,82,83)(H,84,85)/t69?,70-,71-,72-/m1/s1. The summed E-state index contributed by atoms with van der Waals surface area (Å²) in [5, 5.41) is 10.6. The van der Waals surface area contributed by atoms with Gasteiger partial charge in [-0.1, -0.05) is 331 Å². The number of aliphatic hydroxyl groups excluding tert-OH is 1. The lowest BCUT2D eigenvalue weighted by atomic mass is 10.00. The molecule has 0 aromatic carbocycles. The van der Waals surface area contributed by atoms with Gasteiger partial charge in [-0.2, -0.15) is 0 Å². The van der Waals surface area contributed by atoms with Crippen LogP contribution in [0.5, 0.6) is 0 Å². The van der Waals surface area contributed by atoms with Gasteiger partial charge in [0.25, 0.3) is 0 Å². The van der Waals surface area contributed by atoms with Crippen molar-refractivity contribution in [1.29, 1.82) is 0 Å². The lowest BCUT2D eigenvalue weighted by Gasteiger charge is -2.21. The topological polar surface area (TPSA) is 237 Å². The maximum Gasteiger partial charge on any atom is 0.472 e. The van der Waals surface area contributed by atoms with E-state index in [1.165, 1.54) is 180 Å². The number of phosphoric ester groups is 2. The van der Waals surface area contributed by atoms with Crippen LogP contribution < -0.4 is 0 Å². The number of aliphatic hydroxyl groups is 1. The van der Waals surface area contributed by atoms with Gasteiger partial charge in [0.15, 0.2) is 12.2 Å². The van der Waals surface area contributed by atoms with Gasteiger partial charge in [0.1, 0.15) is 19.3 Å². The molecule has 0 spiro atoms. The lowest BCUT2D eigenvalue weighted by molar-refractivity contribution is -0.161. The van der Waals surface area contributed by atoms with Crippen LogP contribution >= 0.6 is 15.6 Å². The number of hydrogen-bond acceptors (Lipinski definition) is 15. The molecular weight excluding hydrogens is 1250 g/mol. The van der Waals surface area contributed by atoms with Crippen molar-refractivity contribution in [2.24, 2.45) is 23.7 Å². The summed E-state index contributed by atoms with van der Waals surface area (Å²) in [6.07, 6.45) is 50.2. The van der Waals surface area contributed by atoms with E-state index in [0.717, 1.165) is 120 Å². The number of carbonyl (C=O) groups is 4. The zero-order chi connectivity index (χ0) is 70.3. The Kier molecular flexibility index (Phi) is 64.0. The van der Waals surface area contributed by atoms with E-state index in [0.29, 0.717) is 25.7 Å². The second-order valence-electron chi connectivity index (χ2n) is 29.1. The Hall–Kier alpha value is -1.94. The molecule has 0 radical (unpaired) electrons. The summed E-state index contributed by atoms with van der Waals surface area (Å²) in [7, 11) is -9.91. The van der Waals surface area contributed by atoms with Gasteiger partial charge in [-0.3, -0.25) is 37.3 Å². The van der Waals surface area contributed by atoms with Crippen LogP contribution in [-0.2, 0) is 65.4 Å². The van der Waals surface area contributed by atoms with Crippen molar-refractivity contribution in [2.45, 2.75) is 401 Å². The normalized spacial score (nSPS) is 14.4. The molecule has 0 fully saturated rings. The highest BCUT2D eigenvalue weighted by Crippen LogP contribution is 2.45. The number of rotatable bonds is 73. The number of ether oxygens (including phenoxy) is 4. The van der Waals surface area contributed by atoms with Crippen molar-refractivity contribution < 1.29 is 80.2 Å². The molecule has 0 rings (SSSR count). The van der Waals surface area contributed by atoms with Crippen molar-refractivity contribution in [3.8, 4) is 0 Å². The Morgan fingerprint density at radius 3 is 0.747 bits per heavy atom. The Morgan fingerprint density at radius 1 is 0.295 bits per heavy atom. The molecule has 564 valence electrons. The third-order valence-electron chi connectivity index (χ3n) is 17.9. The predicted molar refractivity (Wildman–Crippen MR) is 386 cm³/mol. The zero-order valence-corrected chi connectivity index (χ0v) is 64.1. The van der Waals surface area contributed by atoms with E-state index in [1.54, 1.807) is 0 Å². The van der Waals surface area contributed by atoms with Crippen molar-refractivity contribution in [3.63, 3.8) is 0 Å². The summed E-state index contributed by atoms with van der Waals surface area (Å²) in [5.74, 6) is 0.899. The minimum absolute atomic E-state index is 0.103. The molecular formula is C76H148O17P2. The molecule has 0 bridgehead atoms. The predicted octanol–water partition coefficient (Wildman–Crippen LogP) is 22.0. The maximum atomic E-state index is 13.1. The third-order valence-corrected chi connectivity index (χ3v) is 19.8. The second-order valence-corrected chi connectivity index (χ2v) is 32.0. The van der Waals surface area contributed by atoms with E-state index in [2.05, 4.69) is 55.4 Å². The van der Waals surface area contributed by atoms with Crippen LogP contribution in [0, 0.1) is 23.7 Å². The molecule has 19 heteroatoms. The number of carbonyl (C=O) groups excluding carboxylic acids is 4. The average molecular weight is 1400 g/mol. The van der Waals surface area contributed by atoms with Crippen molar-refractivity contribution in [1.82, 2.24) is 0 Å². The van der Waals surface area contributed by atoms with Crippen LogP contribution in [0.3, 0.4) is 0 Å². The molecule has 3 N–H and O–H groups in total. The van der Waals surface area contributed by atoms with Gasteiger partial charge in [-0.15, -0.1) is 0 Å². The summed E-state index contributed by atoms with van der Waals surface area (Å²) in [5.41, 5.74) is 0. The first kappa shape index (κ1) is 93.1. The molecule has 6 atom stereocenters. The van der Waals surface area contributed by atoms with Crippen molar-refractivity contribution >= 4 is 39.5 Å². The molecule has 0 amide bonds. The molecule has 0 saturated carbocycles. The Labute approximate surface area is 581 Å². The maximum absolute atomic E-state index is 13.1. The molecule has 0 aliphatic rings. The fourth-order valence-electron chi connectivity index (χ4n) is 11.5. The van der Waals surface area contributed by atoms with Crippen LogP contribution in [0.15, 0.2) is 0 Å². The fourth-order valence-corrected chi connectivity index (χ4v) is 13.1. The Morgan fingerprint density at radius 2 is 0.505 bits per heavy atom. The van der Waals surface area contributed by atoms with E-state index in [4.69, 9.17) is 37.0 Å². The minimum Gasteiger partial charge on any atom is -0.462 e. The first-order valence-corrected chi connectivity index (χ1v) is 42.2. The minimum atomic E-state index is -4.96. The van der Waals surface area contributed by atoms with Gasteiger partial charge < -0.3 is 33.8 Å². The van der Waals surface area contributed by atoms with Gasteiger partial charge in [0, 0.05) is 25.7 Å². The van der Waals surface area contributed by atoms with E-state index < -0.39 is 97.5 Å². The Balaban J connectivity index is 5.18. The number of esters is 4. The highest BCUT2D eigenvalue weighted by molar-refractivity contribution is 7.47. The molecule has 0 saturated heterocycles. The van der Waals surface area contributed by atoms with E-state index >= 15 is 0 Å². The molecule has 95 heavy (non-hydrogen) atoms. The third kappa shape index (κ3) is 69.0. The highest BCUT2D eigenvalue weighted by atomic mass is 31.2. The highest BCUT2D eigenvalue weighted by Gasteiger charge is 2.30. The number of phosphoric acid groups is 2. The fraction of sp³-hybridized carbons (Fsp3) is 0.947. The van der Waals surface area contributed by atoms with Crippen LogP contribution in [0.2, 0.25) is 0 Å². The lowest BCUT2D eigenvalue weighted by Crippen LogP contribution is -2.30. The average Bonchev–Trinajstić information content (AvgIpc) is 1.40. The van der Waals surface area contributed by atoms with E-state index in [-0.39, 0.29) is 25.7 Å². The first-order valence-electron chi connectivity index (χ1n) is 39.2. The Bertz CT molecular complexity index is 1870. The van der Waals surface area contributed by atoms with E-state index in [9.17, 15) is 43.2 Å². The summed E-state index contributed by atoms with van der Waals surface area (Å²) < 4.78 is 68.5. The van der Waals surface area contributed by atoms with Gasteiger partial charge in [0.2, 0.25) is 0 Å². The van der Waals surface area contributed by atoms with Crippen molar-refractivity contribution in [2.75, 3.05) is 39.6 Å². The van der Waals surface area contributed by atoms with Crippen LogP contribution in [0.4, 0.5) is 0 Å². The summed E-state index contributed by atoms with van der Waals surface area (Å²) >= 11 is 0. The monoisotopic (exact) mass is 1400 g/mol. The molecule has 0 heterocycles. The summed E-state index contributed by atoms with van der Waals surface area (Å²) in [6, 6.07) is 0. The van der Waals surface area contributed by atoms with Gasteiger partial charge in [0.05, 0.1) is 26.4 Å². The zero-order valence-electron chi connectivity index (χ0n) is 62.3. The van der Waals surface area contributed by atoms with E-state index in [1.807, 2.05) is 0 Å². The van der Waals surface area contributed by atoms with Crippen molar-refractivity contribution in [3.05, 3.63) is 0 Å². The van der Waals surface area contributed by atoms with Crippen LogP contribution in [0.1, 0.15) is 383 Å². The van der Waals surface area contributed by atoms with Crippen LogP contribution in [-0.4, -0.2) is 96.7 Å².